The average molecular weight is 326 g/mol. The highest BCUT2D eigenvalue weighted by Gasteiger charge is 2.48. The molecule has 9 heteroatoms. The van der Waals surface area contributed by atoms with Gasteiger partial charge in [-0.1, -0.05) is 12.1 Å². The molecule has 0 fully saturated rings. The maximum Gasteiger partial charge on any atom is 0.534 e. The first-order valence-corrected chi connectivity index (χ1v) is 7.32. The molecule has 0 N–H and O–H groups in total. The Balaban J connectivity index is 2.65. The van der Waals surface area contributed by atoms with Crippen LogP contribution in [0.1, 0.15) is 18.9 Å². The lowest BCUT2D eigenvalue weighted by atomic mass is 10.1. The summed E-state index contributed by atoms with van der Waals surface area (Å²) in [6.07, 6.45) is 0.444. The van der Waals surface area contributed by atoms with E-state index in [4.69, 9.17) is 4.74 Å². The number of ether oxygens (including phenoxy) is 1. The molecule has 5 nitrogen and oxygen atoms in total. The second-order valence-electron chi connectivity index (χ2n) is 3.93. The van der Waals surface area contributed by atoms with Gasteiger partial charge in [0, 0.05) is 6.42 Å². The van der Waals surface area contributed by atoms with Crippen molar-refractivity contribution >= 4 is 16.1 Å². The van der Waals surface area contributed by atoms with Crippen LogP contribution in [0, 0.1) is 0 Å². The molecule has 0 aliphatic carbocycles. The summed E-state index contributed by atoms with van der Waals surface area (Å²) < 4.78 is 66.6. The van der Waals surface area contributed by atoms with Crippen LogP contribution in [0.25, 0.3) is 0 Å². The number of esters is 1. The van der Waals surface area contributed by atoms with E-state index in [1.807, 2.05) is 0 Å². The van der Waals surface area contributed by atoms with Crippen molar-refractivity contribution in [3.63, 3.8) is 0 Å². The van der Waals surface area contributed by atoms with Crippen LogP contribution in [0.5, 0.6) is 5.75 Å². The molecule has 0 heterocycles. The molecular weight excluding hydrogens is 313 g/mol. The second kappa shape index (κ2) is 6.79. The van der Waals surface area contributed by atoms with E-state index in [0.717, 1.165) is 12.1 Å². The van der Waals surface area contributed by atoms with Gasteiger partial charge in [-0.05, 0) is 31.0 Å². The highest BCUT2D eigenvalue weighted by atomic mass is 32.2. The predicted octanol–water partition coefficient (Wildman–Crippen LogP) is 2.41. The van der Waals surface area contributed by atoms with Gasteiger partial charge in [0.2, 0.25) is 0 Å². The van der Waals surface area contributed by atoms with Crippen LogP contribution in [0.2, 0.25) is 0 Å². The summed E-state index contributed by atoms with van der Waals surface area (Å²) in [5.74, 6) is -0.843. The Morgan fingerprint density at radius 1 is 1.19 bits per heavy atom. The van der Waals surface area contributed by atoms with Crippen molar-refractivity contribution in [2.75, 3.05) is 6.61 Å². The van der Waals surface area contributed by atoms with Crippen molar-refractivity contribution in [2.24, 2.45) is 0 Å². The molecule has 1 aromatic carbocycles. The predicted molar refractivity (Wildman–Crippen MR) is 67.0 cm³/mol. The van der Waals surface area contributed by atoms with E-state index in [-0.39, 0.29) is 13.0 Å². The van der Waals surface area contributed by atoms with Crippen LogP contribution in [0.3, 0.4) is 0 Å². The normalized spacial score (nSPS) is 12.0. The third-order valence-electron chi connectivity index (χ3n) is 2.34. The number of hydrogen-bond donors (Lipinski definition) is 0. The van der Waals surface area contributed by atoms with E-state index in [0.29, 0.717) is 12.0 Å². The van der Waals surface area contributed by atoms with Gasteiger partial charge in [0.1, 0.15) is 5.75 Å². The summed E-state index contributed by atoms with van der Waals surface area (Å²) in [5, 5.41) is 0. The highest BCUT2D eigenvalue weighted by Crippen LogP contribution is 2.27. The van der Waals surface area contributed by atoms with Crippen LogP contribution in [0.15, 0.2) is 24.3 Å². The lowest BCUT2D eigenvalue weighted by Crippen LogP contribution is -2.28. The van der Waals surface area contributed by atoms with Crippen molar-refractivity contribution in [1.29, 1.82) is 0 Å². The van der Waals surface area contributed by atoms with Gasteiger partial charge in [0.25, 0.3) is 0 Å². The van der Waals surface area contributed by atoms with Gasteiger partial charge >= 0.3 is 21.6 Å². The van der Waals surface area contributed by atoms with E-state index in [1.54, 1.807) is 6.92 Å². The van der Waals surface area contributed by atoms with E-state index in [1.165, 1.54) is 12.1 Å². The number of carbonyl (C=O) groups excluding carboxylic acids is 1. The highest BCUT2D eigenvalue weighted by molar-refractivity contribution is 7.87. The number of carbonyl (C=O) groups is 1. The smallest absolute Gasteiger partial charge is 0.466 e. The fourth-order valence-corrected chi connectivity index (χ4v) is 1.82. The first-order valence-electron chi connectivity index (χ1n) is 5.91. The Labute approximate surface area is 119 Å². The Bertz CT molecular complexity index is 578. The lowest BCUT2D eigenvalue weighted by Gasteiger charge is -2.09. The molecule has 21 heavy (non-hydrogen) atoms. The molecular formula is C12H13F3O5S. The maximum atomic E-state index is 12.1. The number of aryl methyl sites for hydroxylation is 1. The molecule has 0 unspecified atom stereocenters. The van der Waals surface area contributed by atoms with Gasteiger partial charge < -0.3 is 8.92 Å². The summed E-state index contributed by atoms with van der Waals surface area (Å²) in [4.78, 5) is 11.1. The summed E-state index contributed by atoms with van der Waals surface area (Å²) in [6.45, 7) is 1.94. The largest absolute Gasteiger partial charge is 0.534 e. The van der Waals surface area contributed by atoms with Crippen LogP contribution >= 0.6 is 0 Å². The molecule has 0 amide bonds. The first-order chi connectivity index (χ1) is 9.65. The van der Waals surface area contributed by atoms with E-state index < -0.39 is 27.3 Å². The second-order valence-corrected chi connectivity index (χ2v) is 5.47. The molecule has 0 aromatic heterocycles. The summed E-state index contributed by atoms with van der Waals surface area (Å²) >= 11 is 0. The monoisotopic (exact) mass is 326 g/mol. The number of hydrogen-bond acceptors (Lipinski definition) is 5. The third kappa shape index (κ3) is 5.25. The fraction of sp³-hybridized carbons (Fsp3) is 0.417. The molecule has 0 spiro atoms. The molecule has 0 radical (unpaired) electrons. The van der Waals surface area contributed by atoms with E-state index in [9.17, 15) is 26.4 Å². The minimum atomic E-state index is -5.67. The first kappa shape index (κ1) is 17.3. The molecule has 118 valence electrons. The van der Waals surface area contributed by atoms with Crippen molar-refractivity contribution in [2.45, 2.75) is 25.3 Å². The van der Waals surface area contributed by atoms with E-state index >= 15 is 0 Å². The SMILES string of the molecule is CCOC(=O)CCc1ccc(OS(=O)(=O)C(F)(F)F)cc1. The van der Waals surface area contributed by atoms with Crippen molar-refractivity contribution in [1.82, 2.24) is 0 Å². The van der Waals surface area contributed by atoms with Crippen molar-refractivity contribution in [3.8, 4) is 5.75 Å². The molecule has 0 aliphatic heterocycles. The minimum Gasteiger partial charge on any atom is -0.466 e. The van der Waals surface area contributed by atoms with Gasteiger partial charge in [-0.15, -0.1) is 0 Å². The third-order valence-corrected chi connectivity index (χ3v) is 3.31. The summed E-state index contributed by atoms with van der Waals surface area (Å²) in [5.41, 5.74) is -4.84. The zero-order valence-corrected chi connectivity index (χ0v) is 11.8. The van der Waals surface area contributed by atoms with Gasteiger partial charge in [-0.2, -0.15) is 21.6 Å². The zero-order valence-electron chi connectivity index (χ0n) is 11.0. The van der Waals surface area contributed by atoms with Crippen LogP contribution in [-0.4, -0.2) is 26.5 Å². The zero-order chi connectivity index (χ0) is 16.1. The average Bonchev–Trinajstić information content (AvgIpc) is 2.36. The lowest BCUT2D eigenvalue weighted by molar-refractivity contribution is -0.143. The van der Waals surface area contributed by atoms with E-state index in [2.05, 4.69) is 4.18 Å². The molecule has 0 bridgehead atoms. The van der Waals surface area contributed by atoms with Gasteiger partial charge in [0.05, 0.1) is 6.61 Å². The van der Waals surface area contributed by atoms with Crippen LogP contribution < -0.4 is 4.18 Å². The molecule has 1 aromatic rings. The topological polar surface area (TPSA) is 69.7 Å². The molecule has 0 saturated carbocycles. The molecule has 1 rings (SSSR count). The fourth-order valence-electron chi connectivity index (χ4n) is 1.37. The maximum absolute atomic E-state index is 12.1. The number of halogens is 3. The van der Waals surface area contributed by atoms with Crippen molar-refractivity contribution < 1.29 is 35.3 Å². The number of benzene rings is 1. The van der Waals surface area contributed by atoms with Crippen molar-refractivity contribution in [3.05, 3.63) is 29.8 Å². The minimum absolute atomic E-state index is 0.120. The molecule has 0 atom stereocenters. The Hall–Kier alpha value is -1.77. The standard InChI is InChI=1S/C12H13F3O5S/c1-2-19-11(16)8-5-9-3-6-10(7-4-9)20-21(17,18)12(13,14)15/h3-4,6-7H,2,5,8H2,1H3. The number of alkyl halides is 3. The Morgan fingerprint density at radius 3 is 2.24 bits per heavy atom. The van der Waals surface area contributed by atoms with Crippen LogP contribution in [0.4, 0.5) is 13.2 Å². The van der Waals surface area contributed by atoms with Crippen LogP contribution in [-0.2, 0) is 26.1 Å². The summed E-state index contributed by atoms with van der Waals surface area (Å²) in [6, 6.07) is 4.93. The quantitative estimate of drug-likeness (QED) is 0.456. The van der Waals surface area contributed by atoms with Gasteiger partial charge in [0.15, 0.2) is 0 Å². The number of rotatable bonds is 6. The van der Waals surface area contributed by atoms with Gasteiger partial charge in [-0.25, -0.2) is 0 Å². The van der Waals surface area contributed by atoms with Gasteiger partial charge in [-0.3, -0.25) is 4.79 Å². The molecule has 0 aliphatic rings. The molecule has 0 saturated heterocycles. The Kier molecular flexibility index (Phi) is 5.59. The summed E-state index contributed by atoms with van der Waals surface area (Å²) in [7, 11) is -5.67. The Morgan fingerprint density at radius 2 is 1.76 bits per heavy atom.